The van der Waals surface area contributed by atoms with Gasteiger partial charge in [-0.1, -0.05) is 0 Å². The molecule has 0 radical (unpaired) electrons. The molecule has 2 N–H and O–H groups in total. The third-order valence-electron chi connectivity index (χ3n) is 3.84. The van der Waals surface area contributed by atoms with E-state index in [1.807, 2.05) is 6.07 Å². The fourth-order valence-corrected chi connectivity index (χ4v) is 2.94. The van der Waals surface area contributed by atoms with Crippen molar-refractivity contribution in [3.63, 3.8) is 0 Å². The van der Waals surface area contributed by atoms with Crippen molar-refractivity contribution in [3.05, 3.63) is 30.0 Å². The number of hydrogen-bond donors (Lipinski definition) is 2. The van der Waals surface area contributed by atoms with E-state index in [1.54, 1.807) is 0 Å². The smallest absolute Gasteiger partial charge is 0.120 e. The van der Waals surface area contributed by atoms with E-state index in [0.29, 0.717) is 5.92 Å². The molecule has 0 spiro atoms. The lowest BCUT2D eigenvalue weighted by Gasteiger charge is -2.22. The lowest BCUT2D eigenvalue weighted by molar-refractivity contribution is 0.243. The Labute approximate surface area is 114 Å². The van der Waals surface area contributed by atoms with Crippen molar-refractivity contribution < 1.29 is 4.74 Å². The van der Waals surface area contributed by atoms with Gasteiger partial charge in [0.15, 0.2) is 0 Å². The maximum Gasteiger partial charge on any atom is 0.120 e. The normalized spacial score (nSPS) is 17.2. The molecule has 1 aromatic carbocycles. The van der Waals surface area contributed by atoms with Crippen molar-refractivity contribution in [2.24, 2.45) is 0 Å². The largest absolute Gasteiger partial charge is 0.491 e. The standard InChI is InChI=1S/C16H22N2O/c1-11(2)19-13-3-4-16-14(9-13)15(10-18-16)12-5-7-17-8-6-12/h3-4,9-12,17-18H,5-8H2,1-2H3. The van der Waals surface area contributed by atoms with E-state index in [4.69, 9.17) is 4.74 Å². The van der Waals surface area contributed by atoms with Crippen LogP contribution in [0.2, 0.25) is 0 Å². The summed E-state index contributed by atoms with van der Waals surface area (Å²) in [5.41, 5.74) is 2.66. The van der Waals surface area contributed by atoms with E-state index in [1.165, 1.54) is 29.3 Å². The van der Waals surface area contributed by atoms with Crippen LogP contribution in [0.25, 0.3) is 10.9 Å². The Morgan fingerprint density at radius 1 is 1.21 bits per heavy atom. The molecular formula is C16H22N2O. The molecule has 1 aromatic heterocycles. The Bertz CT molecular complexity index is 553. The number of aromatic amines is 1. The molecule has 102 valence electrons. The van der Waals surface area contributed by atoms with Gasteiger partial charge in [-0.05, 0) is 69.5 Å². The van der Waals surface area contributed by atoms with Crippen LogP contribution >= 0.6 is 0 Å². The minimum absolute atomic E-state index is 0.221. The monoisotopic (exact) mass is 258 g/mol. The molecular weight excluding hydrogens is 236 g/mol. The molecule has 1 aliphatic heterocycles. The molecule has 1 aliphatic rings. The Hall–Kier alpha value is -1.48. The lowest BCUT2D eigenvalue weighted by atomic mass is 9.90. The first-order valence-electron chi connectivity index (χ1n) is 7.22. The summed E-state index contributed by atoms with van der Waals surface area (Å²) in [5.74, 6) is 1.64. The zero-order chi connectivity index (χ0) is 13.2. The zero-order valence-corrected chi connectivity index (χ0v) is 11.7. The van der Waals surface area contributed by atoms with Crippen LogP contribution in [0.3, 0.4) is 0 Å². The number of ether oxygens (including phenoxy) is 1. The van der Waals surface area contributed by atoms with Crippen LogP contribution in [0.15, 0.2) is 24.4 Å². The zero-order valence-electron chi connectivity index (χ0n) is 11.7. The van der Waals surface area contributed by atoms with Crippen LogP contribution in [0.1, 0.15) is 38.2 Å². The average Bonchev–Trinajstić information content (AvgIpc) is 2.82. The molecule has 0 unspecified atom stereocenters. The molecule has 3 rings (SSSR count). The van der Waals surface area contributed by atoms with E-state index in [2.05, 4.69) is 42.5 Å². The second kappa shape index (κ2) is 5.25. The Kier molecular flexibility index (Phi) is 3.47. The van der Waals surface area contributed by atoms with Gasteiger partial charge in [0, 0.05) is 17.1 Å². The van der Waals surface area contributed by atoms with Crippen molar-refractivity contribution in [1.29, 1.82) is 0 Å². The molecule has 1 saturated heterocycles. The Morgan fingerprint density at radius 3 is 2.74 bits per heavy atom. The highest BCUT2D eigenvalue weighted by molar-refractivity contribution is 5.85. The highest BCUT2D eigenvalue weighted by atomic mass is 16.5. The molecule has 3 nitrogen and oxygen atoms in total. The van der Waals surface area contributed by atoms with Crippen molar-refractivity contribution >= 4 is 10.9 Å². The molecule has 0 aliphatic carbocycles. The first-order chi connectivity index (χ1) is 9.24. The minimum Gasteiger partial charge on any atom is -0.491 e. The van der Waals surface area contributed by atoms with Gasteiger partial charge in [0.05, 0.1) is 6.10 Å². The summed E-state index contributed by atoms with van der Waals surface area (Å²) in [7, 11) is 0. The van der Waals surface area contributed by atoms with Crippen LogP contribution in [-0.4, -0.2) is 24.2 Å². The van der Waals surface area contributed by atoms with E-state index in [0.717, 1.165) is 18.8 Å². The molecule has 2 heterocycles. The van der Waals surface area contributed by atoms with Crippen molar-refractivity contribution in [1.82, 2.24) is 10.3 Å². The van der Waals surface area contributed by atoms with Crippen LogP contribution in [0.4, 0.5) is 0 Å². The number of piperidine rings is 1. The maximum atomic E-state index is 5.81. The fraction of sp³-hybridized carbons (Fsp3) is 0.500. The summed E-state index contributed by atoms with van der Waals surface area (Å²) in [4.78, 5) is 3.39. The van der Waals surface area contributed by atoms with Crippen LogP contribution < -0.4 is 10.1 Å². The van der Waals surface area contributed by atoms with Gasteiger partial charge in [-0.15, -0.1) is 0 Å². The van der Waals surface area contributed by atoms with Gasteiger partial charge in [-0.25, -0.2) is 0 Å². The number of rotatable bonds is 3. The van der Waals surface area contributed by atoms with E-state index >= 15 is 0 Å². The van der Waals surface area contributed by atoms with Crippen molar-refractivity contribution in [2.45, 2.75) is 38.7 Å². The number of nitrogens with one attached hydrogen (secondary N) is 2. The predicted molar refractivity (Wildman–Crippen MR) is 78.9 cm³/mol. The summed E-state index contributed by atoms with van der Waals surface area (Å²) in [5, 5.41) is 4.75. The van der Waals surface area contributed by atoms with Gasteiger partial charge < -0.3 is 15.0 Å². The average molecular weight is 258 g/mol. The van der Waals surface area contributed by atoms with Crippen LogP contribution in [-0.2, 0) is 0 Å². The number of benzene rings is 1. The van der Waals surface area contributed by atoms with Crippen molar-refractivity contribution in [3.8, 4) is 5.75 Å². The first kappa shape index (κ1) is 12.5. The van der Waals surface area contributed by atoms with Gasteiger partial charge in [0.2, 0.25) is 0 Å². The second-order valence-electron chi connectivity index (χ2n) is 5.64. The molecule has 19 heavy (non-hydrogen) atoms. The molecule has 1 fully saturated rings. The van der Waals surface area contributed by atoms with E-state index in [-0.39, 0.29) is 6.10 Å². The summed E-state index contributed by atoms with van der Waals surface area (Å²) in [6, 6.07) is 6.35. The quantitative estimate of drug-likeness (QED) is 0.885. The van der Waals surface area contributed by atoms with Gasteiger partial charge in [-0.2, -0.15) is 0 Å². The molecule has 0 amide bonds. The molecule has 0 bridgehead atoms. The van der Waals surface area contributed by atoms with Gasteiger partial charge in [0.25, 0.3) is 0 Å². The molecule has 0 saturated carbocycles. The SMILES string of the molecule is CC(C)Oc1ccc2[nH]cc(C3CCNCC3)c2c1. The Balaban J connectivity index is 1.95. The minimum atomic E-state index is 0.221. The number of aromatic nitrogens is 1. The van der Waals surface area contributed by atoms with Gasteiger partial charge >= 0.3 is 0 Å². The van der Waals surface area contributed by atoms with E-state index in [9.17, 15) is 0 Å². The van der Waals surface area contributed by atoms with Crippen molar-refractivity contribution in [2.75, 3.05) is 13.1 Å². The third-order valence-corrected chi connectivity index (χ3v) is 3.84. The summed E-state index contributed by atoms with van der Waals surface area (Å²) >= 11 is 0. The van der Waals surface area contributed by atoms with Gasteiger partial charge in [0.1, 0.15) is 5.75 Å². The lowest BCUT2D eigenvalue weighted by Crippen LogP contribution is -2.26. The predicted octanol–water partition coefficient (Wildman–Crippen LogP) is 3.42. The summed E-state index contributed by atoms with van der Waals surface area (Å²) < 4.78 is 5.81. The van der Waals surface area contributed by atoms with Crippen LogP contribution in [0, 0.1) is 0 Å². The highest BCUT2D eigenvalue weighted by Crippen LogP contribution is 2.33. The summed E-state index contributed by atoms with van der Waals surface area (Å²) in [6.07, 6.45) is 4.85. The topological polar surface area (TPSA) is 37.0 Å². The number of H-pyrrole nitrogens is 1. The highest BCUT2D eigenvalue weighted by Gasteiger charge is 2.18. The fourth-order valence-electron chi connectivity index (χ4n) is 2.94. The maximum absolute atomic E-state index is 5.81. The summed E-state index contributed by atoms with van der Waals surface area (Å²) in [6.45, 7) is 6.38. The molecule has 3 heteroatoms. The first-order valence-corrected chi connectivity index (χ1v) is 7.22. The third kappa shape index (κ3) is 2.61. The molecule has 0 atom stereocenters. The Morgan fingerprint density at radius 2 is 2.00 bits per heavy atom. The van der Waals surface area contributed by atoms with E-state index < -0.39 is 0 Å². The second-order valence-corrected chi connectivity index (χ2v) is 5.64. The number of fused-ring (bicyclic) bond motifs is 1. The van der Waals surface area contributed by atoms with Gasteiger partial charge in [-0.3, -0.25) is 0 Å². The number of hydrogen-bond acceptors (Lipinski definition) is 2. The van der Waals surface area contributed by atoms with Crippen LogP contribution in [0.5, 0.6) is 5.75 Å². The molecule has 2 aromatic rings.